The minimum absolute atomic E-state index is 0. The summed E-state index contributed by atoms with van der Waals surface area (Å²) in [7, 11) is 0. The second kappa shape index (κ2) is 29.0. The number of alkyl carbamates (subject to hydrolysis) is 1. The molecule has 444 valence electrons. The summed E-state index contributed by atoms with van der Waals surface area (Å²) in [5.41, 5.74) is 5.34. The van der Waals surface area contributed by atoms with Crippen LogP contribution < -0.4 is 20.9 Å². The summed E-state index contributed by atoms with van der Waals surface area (Å²) in [6.07, 6.45) is 10.5. The summed E-state index contributed by atoms with van der Waals surface area (Å²) >= 11 is 2.23. The molecule has 3 amide bonds. The Labute approximate surface area is 484 Å². The van der Waals surface area contributed by atoms with Gasteiger partial charge in [-0.05, 0) is 203 Å². The molecule has 0 unspecified atom stereocenters. The van der Waals surface area contributed by atoms with Crippen LogP contribution in [-0.4, -0.2) is 94.0 Å². The summed E-state index contributed by atoms with van der Waals surface area (Å²) in [6, 6.07) is 1.60. The van der Waals surface area contributed by atoms with Gasteiger partial charge < -0.3 is 45.3 Å². The summed E-state index contributed by atoms with van der Waals surface area (Å²) in [6.45, 7) is 24.8. The molecule has 4 fully saturated rings. The van der Waals surface area contributed by atoms with Crippen LogP contribution in [0.25, 0.3) is 0 Å². The number of aromatic carboxylic acids is 2. The van der Waals surface area contributed by atoms with Crippen molar-refractivity contribution in [1.82, 2.24) is 5.32 Å². The molecule has 0 saturated heterocycles. The van der Waals surface area contributed by atoms with Gasteiger partial charge in [0.1, 0.15) is 39.6 Å². The summed E-state index contributed by atoms with van der Waals surface area (Å²) < 4.78 is 16.5. The molecule has 2 atom stereocenters. The van der Waals surface area contributed by atoms with E-state index in [0.717, 1.165) is 74.0 Å². The summed E-state index contributed by atoms with van der Waals surface area (Å²) in [5.74, 6) is 10.4. The molecule has 0 bridgehead atoms. The van der Waals surface area contributed by atoms with Crippen molar-refractivity contribution in [2.75, 3.05) is 9.80 Å². The number of esters is 2. The van der Waals surface area contributed by atoms with E-state index in [0.29, 0.717) is 84.3 Å². The molecule has 2 aromatic rings. The molecule has 4 aliphatic carbocycles. The lowest BCUT2D eigenvalue weighted by molar-refractivity contribution is -0.153. The third-order valence-corrected chi connectivity index (χ3v) is 16.8. The minimum atomic E-state index is -1.08. The van der Waals surface area contributed by atoms with E-state index in [-0.39, 0.29) is 76.0 Å². The Balaban J connectivity index is 0.000000345. The number of hydrogen-bond donors (Lipinski definition) is 4. The molecule has 2 heterocycles. The van der Waals surface area contributed by atoms with E-state index in [1.54, 1.807) is 56.6 Å². The van der Waals surface area contributed by atoms with Crippen LogP contribution in [0.5, 0.6) is 0 Å². The van der Waals surface area contributed by atoms with Crippen LogP contribution in [-0.2, 0) is 33.4 Å². The van der Waals surface area contributed by atoms with E-state index in [1.165, 1.54) is 0 Å². The highest BCUT2D eigenvalue weighted by molar-refractivity contribution is 7.15. The van der Waals surface area contributed by atoms with Gasteiger partial charge in [-0.15, -0.1) is 22.7 Å². The number of thiophene rings is 2. The molecule has 4 saturated carbocycles. The van der Waals surface area contributed by atoms with Crippen LogP contribution in [0.3, 0.4) is 0 Å². The monoisotopic (exact) mass is 1150 g/mol. The molecule has 0 aliphatic heterocycles. The molecular formula is C62H92N4O12S2. The highest BCUT2D eigenvalue weighted by Crippen LogP contribution is 2.41. The maximum absolute atomic E-state index is 14.1. The van der Waals surface area contributed by atoms with Crippen molar-refractivity contribution in [3.63, 3.8) is 0 Å². The molecule has 2 aromatic heterocycles. The molecule has 80 heavy (non-hydrogen) atoms. The smallest absolute Gasteiger partial charge is 0.408 e. The highest BCUT2D eigenvalue weighted by atomic mass is 32.1. The summed E-state index contributed by atoms with van der Waals surface area (Å²) in [5, 5.41) is 22.7. The Morgan fingerprint density at radius 1 is 0.588 bits per heavy atom. The van der Waals surface area contributed by atoms with Crippen molar-refractivity contribution < 1.29 is 58.0 Å². The molecule has 6 rings (SSSR count). The Hall–Kier alpha value is -5.43. The average Bonchev–Trinajstić information content (AvgIpc) is 3.99. The van der Waals surface area contributed by atoms with Gasteiger partial charge in [-0.3, -0.25) is 14.4 Å². The zero-order valence-electron chi connectivity index (χ0n) is 49.0. The molecule has 0 aromatic carbocycles. The first-order valence-corrected chi connectivity index (χ1v) is 30.0. The second-order valence-electron chi connectivity index (χ2n) is 25.5. The second-order valence-corrected chi connectivity index (χ2v) is 27.6. The van der Waals surface area contributed by atoms with Gasteiger partial charge in [0, 0.05) is 34.7 Å². The van der Waals surface area contributed by atoms with Gasteiger partial charge in [0.05, 0.1) is 21.1 Å². The lowest BCUT2D eigenvalue weighted by atomic mass is 9.81. The number of carbonyl (C=O) groups excluding carboxylic acids is 5. The van der Waals surface area contributed by atoms with Crippen LogP contribution in [0, 0.1) is 58.2 Å². The summed E-state index contributed by atoms with van der Waals surface area (Å²) in [4.78, 5) is 94.5. The van der Waals surface area contributed by atoms with Crippen LogP contribution in [0.2, 0.25) is 0 Å². The maximum Gasteiger partial charge on any atom is 0.408 e. The number of anilines is 2. The number of carboxylic acid groups (broad SMARTS) is 2. The number of hydrogen-bond acceptors (Lipinski definition) is 13. The van der Waals surface area contributed by atoms with Gasteiger partial charge >= 0.3 is 30.0 Å². The first-order chi connectivity index (χ1) is 36.8. The SMILES string of the molecule is C.CC1CCC(C(=O)N(c2cc(C#CC(C)(C)C)sc2C(=O)O)C2CCC(OC(=O)[C@H](C)N)CC2)CC1.CC1CCC(C(=O)N(c2cc(C#CC(C)(C)C)sc2C(=O)O)C2CCC(OC(=O)[C@H](C)NC(=O)OC(C)(C)C)CC2)CC1. The third-order valence-electron chi connectivity index (χ3n) is 14.7. The predicted octanol–water partition coefficient (Wildman–Crippen LogP) is 12.6. The van der Waals surface area contributed by atoms with Crippen LogP contribution in [0.1, 0.15) is 229 Å². The fraction of sp³-hybridized carbons (Fsp3) is 0.694. The highest BCUT2D eigenvalue weighted by Gasteiger charge is 2.41. The average molecular weight is 1150 g/mol. The van der Waals surface area contributed by atoms with Crippen molar-refractivity contribution >= 4 is 75.8 Å². The Bertz CT molecular complexity index is 2600. The number of nitrogens with zero attached hydrogens (tertiary/aromatic N) is 2. The lowest BCUT2D eigenvalue weighted by Gasteiger charge is -2.39. The van der Waals surface area contributed by atoms with Crippen molar-refractivity contribution in [1.29, 1.82) is 0 Å². The van der Waals surface area contributed by atoms with E-state index in [1.807, 2.05) is 41.5 Å². The number of rotatable bonds is 13. The van der Waals surface area contributed by atoms with Crippen molar-refractivity contribution in [2.45, 2.75) is 242 Å². The fourth-order valence-electron chi connectivity index (χ4n) is 10.4. The Morgan fingerprint density at radius 3 is 1.25 bits per heavy atom. The van der Waals surface area contributed by atoms with Crippen molar-refractivity contribution in [3.05, 3.63) is 31.6 Å². The van der Waals surface area contributed by atoms with Gasteiger partial charge in [-0.1, -0.05) is 45.0 Å². The zero-order chi connectivity index (χ0) is 58.7. The van der Waals surface area contributed by atoms with Crippen molar-refractivity contribution in [2.24, 2.45) is 40.2 Å². The first kappa shape index (κ1) is 67.1. The Kier molecular flexibility index (Phi) is 24.3. The lowest BCUT2D eigenvalue weighted by Crippen LogP contribution is -2.48. The normalized spacial score (nSPS) is 23.9. The number of nitrogens with two attached hydrogens (primary N) is 1. The third kappa shape index (κ3) is 20.2. The zero-order valence-corrected chi connectivity index (χ0v) is 50.6. The standard InChI is InChI=1S/C33H48N2O7S.C28H40N2O5S.CH4/c1-20-9-11-22(12-10-20)28(36)35(26-19-25(17-18-32(3,4)5)43-27(26)29(37)38)23-13-15-24(16-14-23)41-30(39)21(2)34-31(40)42-33(6,7)8;1-17-6-8-19(9-7-17)25(31)30(20-10-12-21(13-11-20)35-27(34)18(2)29)23-16-22(14-15-28(3,4)5)36-24(23)26(32)33;/h19-24H,9-16H2,1-8H3,(H,34,40)(H,37,38);16-21H,6-13,29H2,1-5H3,(H,32,33);1H4/t20?,21-,22?,23?,24?;17?,18-,19?,20?,21?;/m00./s1. The molecule has 4 aliphatic rings. The van der Waals surface area contributed by atoms with Crippen LogP contribution in [0.15, 0.2) is 12.1 Å². The molecule has 16 nitrogen and oxygen atoms in total. The topological polar surface area (TPSA) is 232 Å². The van der Waals surface area contributed by atoms with E-state index < -0.39 is 47.7 Å². The van der Waals surface area contributed by atoms with E-state index in [4.69, 9.17) is 19.9 Å². The number of ether oxygens (including phenoxy) is 3. The number of nitrogens with one attached hydrogen (secondary N) is 1. The maximum atomic E-state index is 14.1. The fourth-order valence-corrected chi connectivity index (χ4v) is 12.1. The Morgan fingerprint density at radius 2 is 0.938 bits per heavy atom. The quantitative estimate of drug-likeness (QED) is 0.0831. The minimum Gasteiger partial charge on any atom is -0.477 e. The van der Waals surface area contributed by atoms with E-state index >= 15 is 0 Å². The molecule has 0 radical (unpaired) electrons. The van der Waals surface area contributed by atoms with E-state index in [9.17, 15) is 43.8 Å². The van der Waals surface area contributed by atoms with Gasteiger partial charge in [-0.2, -0.15) is 0 Å². The van der Waals surface area contributed by atoms with Gasteiger partial charge in [0.2, 0.25) is 11.8 Å². The predicted molar refractivity (Wildman–Crippen MR) is 316 cm³/mol. The van der Waals surface area contributed by atoms with Gasteiger partial charge in [0.15, 0.2) is 0 Å². The van der Waals surface area contributed by atoms with Gasteiger partial charge in [0.25, 0.3) is 0 Å². The molecule has 0 spiro atoms. The van der Waals surface area contributed by atoms with E-state index in [2.05, 4.69) is 42.8 Å². The number of carboxylic acids is 2. The van der Waals surface area contributed by atoms with Crippen LogP contribution >= 0.6 is 22.7 Å². The molecule has 5 N–H and O–H groups in total. The number of amides is 3. The largest absolute Gasteiger partial charge is 0.477 e. The molecule has 18 heteroatoms. The van der Waals surface area contributed by atoms with Gasteiger partial charge in [-0.25, -0.2) is 19.2 Å². The molecular weight excluding hydrogens is 1060 g/mol. The number of carbonyl (C=O) groups is 7. The van der Waals surface area contributed by atoms with Crippen LogP contribution in [0.4, 0.5) is 16.2 Å². The first-order valence-electron chi connectivity index (χ1n) is 28.4. The van der Waals surface area contributed by atoms with Crippen molar-refractivity contribution in [3.8, 4) is 23.7 Å².